The summed E-state index contributed by atoms with van der Waals surface area (Å²) in [5.41, 5.74) is 1.05. The highest BCUT2D eigenvalue weighted by Gasteiger charge is 2.39. The van der Waals surface area contributed by atoms with Crippen LogP contribution in [0.2, 0.25) is 0 Å². The number of benzene rings is 1. The number of ether oxygens (including phenoxy) is 1. The molecule has 0 bridgehead atoms. The molecule has 2 aliphatic rings. The number of nitrogens with one attached hydrogen (secondary N) is 1. The Bertz CT molecular complexity index is 692. The molecule has 0 spiro atoms. The molecular weight excluding hydrogens is 294 g/mol. The number of Topliss-reactive ketones (excluding diaryl/α,β-unsaturated/α-hetero) is 2. The summed E-state index contributed by atoms with van der Waals surface area (Å²) in [6.45, 7) is 1.46. The molecule has 1 aromatic carbocycles. The number of fused-ring (bicyclic) bond motifs is 1. The Morgan fingerprint density at radius 3 is 2.78 bits per heavy atom. The average Bonchev–Trinajstić information content (AvgIpc) is 2.55. The Hall–Kier alpha value is -2.43. The van der Waals surface area contributed by atoms with Crippen molar-refractivity contribution in [1.29, 1.82) is 0 Å². The number of carbonyl (C=O) groups is 3. The van der Waals surface area contributed by atoms with Gasteiger partial charge in [-0.3, -0.25) is 14.4 Å². The molecule has 1 amide bonds. The molecule has 1 aromatic rings. The molecule has 1 fully saturated rings. The van der Waals surface area contributed by atoms with E-state index in [1.165, 1.54) is 13.2 Å². The van der Waals surface area contributed by atoms with Crippen LogP contribution in [0, 0.1) is 5.92 Å². The van der Waals surface area contributed by atoms with E-state index in [0.717, 1.165) is 25.7 Å². The summed E-state index contributed by atoms with van der Waals surface area (Å²) < 4.78 is 5.59. The van der Waals surface area contributed by atoms with Crippen LogP contribution in [-0.2, 0) is 14.3 Å². The van der Waals surface area contributed by atoms with Crippen LogP contribution in [0.15, 0.2) is 36.1 Å². The van der Waals surface area contributed by atoms with Gasteiger partial charge in [0.2, 0.25) is 0 Å². The SMILES string of the molecule is CC(=O)c1cccc(NC(=O)C2=COC3CCCCC3C2=O)c1. The summed E-state index contributed by atoms with van der Waals surface area (Å²) >= 11 is 0. The van der Waals surface area contributed by atoms with E-state index in [-0.39, 0.29) is 29.2 Å². The molecule has 2 atom stereocenters. The van der Waals surface area contributed by atoms with Gasteiger partial charge >= 0.3 is 0 Å². The van der Waals surface area contributed by atoms with Crippen LogP contribution in [0.3, 0.4) is 0 Å². The second kappa shape index (κ2) is 6.36. The van der Waals surface area contributed by atoms with Gasteiger partial charge in [-0.25, -0.2) is 0 Å². The molecule has 0 aromatic heterocycles. The van der Waals surface area contributed by atoms with E-state index in [0.29, 0.717) is 11.3 Å². The molecule has 0 saturated heterocycles. The molecule has 3 rings (SSSR count). The minimum absolute atomic E-state index is 0.0568. The highest BCUT2D eigenvalue weighted by Crippen LogP contribution is 2.33. The summed E-state index contributed by atoms with van der Waals surface area (Å²) in [5.74, 6) is -0.915. The van der Waals surface area contributed by atoms with Crippen molar-refractivity contribution in [3.05, 3.63) is 41.7 Å². The van der Waals surface area contributed by atoms with Crippen molar-refractivity contribution in [2.75, 3.05) is 5.32 Å². The summed E-state index contributed by atoms with van der Waals surface area (Å²) in [4.78, 5) is 36.3. The van der Waals surface area contributed by atoms with Crippen LogP contribution in [0.4, 0.5) is 5.69 Å². The molecule has 23 heavy (non-hydrogen) atoms. The van der Waals surface area contributed by atoms with E-state index in [9.17, 15) is 14.4 Å². The van der Waals surface area contributed by atoms with E-state index < -0.39 is 5.91 Å². The lowest BCUT2D eigenvalue weighted by molar-refractivity contribution is -0.129. The molecule has 1 aliphatic heterocycles. The number of anilines is 1. The highest BCUT2D eigenvalue weighted by molar-refractivity contribution is 6.24. The number of hydrogen-bond donors (Lipinski definition) is 1. The lowest BCUT2D eigenvalue weighted by Crippen LogP contribution is -2.39. The van der Waals surface area contributed by atoms with Gasteiger partial charge in [-0.15, -0.1) is 0 Å². The Morgan fingerprint density at radius 1 is 1.22 bits per heavy atom. The third kappa shape index (κ3) is 3.18. The van der Waals surface area contributed by atoms with Crippen molar-refractivity contribution < 1.29 is 19.1 Å². The topological polar surface area (TPSA) is 72.5 Å². The maximum Gasteiger partial charge on any atom is 0.262 e. The maximum atomic E-state index is 12.5. The van der Waals surface area contributed by atoms with Gasteiger partial charge in [0.05, 0.1) is 12.2 Å². The maximum absolute atomic E-state index is 12.5. The number of hydrogen-bond acceptors (Lipinski definition) is 4. The van der Waals surface area contributed by atoms with Crippen molar-refractivity contribution in [3.63, 3.8) is 0 Å². The first-order valence-electron chi connectivity index (χ1n) is 7.88. The quantitative estimate of drug-likeness (QED) is 0.688. The van der Waals surface area contributed by atoms with Crippen LogP contribution in [0.1, 0.15) is 43.0 Å². The first-order chi connectivity index (χ1) is 11.1. The number of ketones is 2. The smallest absolute Gasteiger partial charge is 0.262 e. The summed E-state index contributed by atoms with van der Waals surface area (Å²) in [6.07, 6.45) is 4.89. The standard InChI is InChI=1S/C18H19NO4/c1-11(20)12-5-4-6-13(9-12)19-18(22)15-10-23-16-8-3-2-7-14(16)17(15)21/h4-6,9-10,14,16H,2-3,7-8H2,1H3,(H,19,22). The van der Waals surface area contributed by atoms with Crippen molar-refractivity contribution in [2.24, 2.45) is 5.92 Å². The molecular formula is C18H19NO4. The van der Waals surface area contributed by atoms with Gasteiger partial charge in [0.25, 0.3) is 5.91 Å². The molecule has 1 saturated carbocycles. The zero-order valence-corrected chi connectivity index (χ0v) is 13.0. The van der Waals surface area contributed by atoms with Gasteiger partial charge in [-0.1, -0.05) is 18.6 Å². The fourth-order valence-corrected chi connectivity index (χ4v) is 3.15. The second-order valence-electron chi connectivity index (χ2n) is 6.05. The van der Waals surface area contributed by atoms with E-state index in [1.807, 2.05) is 0 Å². The Morgan fingerprint density at radius 2 is 2.00 bits per heavy atom. The molecule has 1 heterocycles. The van der Waals surface area contributed by atoms with Crippen LogP contribution in [0.25, 0.3) is 0 Å². The van der Waals surface area contributed by atoms with Crippen LogP contribution in [0.5, 0.6) is 0 Å². The van der Waals surface area contributed by atoms with Crippen molar-refractivity contribution in [3.8, 4) is 0 Å². The zero-order chi connectivity index (χ0) is 16.4. The van der Waals surface area contributed by atoms with Gasteiger partial charge in [0.15, 0.2) is 11.6 Å². The first kappa shape index (κ1) is 15.5. The van der Waals surface area contributed by atoms with Crippen LogP contribution >= 0.6 is 0 Å². The van der Waals surface area contributed by atoms with E-state index in [1.54, 1.807) is 24.3 Å². The van der Waals surface area contributed by atoms with Gasteiger partial charge in [0, 0.05) is 11.3 Å². The van der Waals surface area contributed by atoms with E-state index in [2.05, 4.69) is 5.32 Å². The number of rotatable bonds is 3. The summed E-state index contributed by atoms with van der Waals surface area (Å²) in [6, 6.07) is 6.65. The fraction of sp³-hybridized carbons (Fsp3) is 0.389. The predicted octanol–water partition coefficient (Wildman–Crippen LogP) is 2.87. The molecule has 5 nitrogen and oxygen atoms in total. The Labute approximate surface area is 134 Å². The van der Waals surface area contributed by atoms with Crippen molar-refractivity contribution in [1.82, 2.24) is 0 Å². The number of carbonyl (C=O) groups excluding carboxylic acids is 3. The largest absolute Gasteiger partial charge is 0.496 e. The van der Waals surface area contributed by atoms with Gasteiger partial charge in [0.1, 0.15) is 11.7 Å². The third-order valence-electron chi connectivity index (χ3n) is 4.44. The van der Waals surface area contributed by atoms with Gasteiger partial charge < -0.3 is 10.1 Å². The minimum atomic E-state index is -0.486. The molecule has 0 radical (unpaired) electrons. The number of amides is 1. The molecule has 2 unspecified atom stereocenters. The van der Waals surface area contributed by atoms with E-state index >= 15 is 0 Å². The van der Waals surface area contributed by atoms with Crippen molar-refractivity contribution in [2.45, 2.75) is 38.7 Å². The third-order valence-corrected chi connectivity index (χ3v) is 4.44. The molecule has 120 valence electrons. The summed E-state index contributed by atoms with van der Waals surface area (Å²) in [7, 11) is 0. The van der Waals surface area contributed by atoms with Crippen LogP contribution < -0.4 is 5.32 Å². The van der Waals surface area contributed by atoms with Crippen molar-refractivity contribution >= 4 is 23.2 Å². The lowest BCUT2D eigenvalue weighted by Gasteiger charge is -2.33. The normalized spacial score (nSPS) is 23.3. The molecule has 5 heteroatoms. The highest BCUT2D eigenvalue weighted by atomic mass is 16.5. The molecule has 1 aliphatic carbocycles. The van der Waals surface area contributed by atoms with E-state index in [4.69, 9.17) is 4.74 Å². The predicted molar refractivity (Wildman–Crippen MR) is 85.0 cm³/mol. The van der Waals surface area contributed by atoms with Crippen LogP contribution in [-0.4, -0.2) is 23.6 Å². The fourth-order valence-electron chi connectivity index (χ4n) is 3.15. The Balaban J connectivity index is 1.75. The van der Waals surface area contributed by atoms with Gasteiger partial charge in [-0.2, -0.15) is 0 Å². The van der Waals surface area contributed by atoms with Gasteiger partial charge in [-0.05, 0) is 38.3 Å². The second-order valence-corrected chi connectivity index (χ2v) is 6.05. The monoisotopic (exact) mass is 313 g/mol. The Kier molecular flexibility index (Phi) is 4.28. The first-order valence-corrected chi connectivity index (χ1v) is 7.88. The average molecular weight is 313 g/mol. The molecule has 1 N–H and O–H groups in total. The lowest BCUT2D eigenvalue weighted by atomic mass is 9.80. The minimum Gasteiger partial charge on any atom is -0.496 e. The zero-order valence-electron chi connectivity index (χ0n) is 13.0. The summed E-state index contributed by atoms with van der Waals surface area (Å²) in [5, 5.41) is 2.67.